The molecule has 0 spiro atoms. The molecular weight excluding hydrogens is 211 g/mol. The van der Waals surface area contributed by atoms with E-state index < -0.39 is 22.5 Å². The summed E-state index contributed by atoms with van der Waals surface area (Å²) in [6.45, 7) is -0.439. The van der Waals surface area contributed by atoms with Crippen molar-refractivity contribution in [3.05, 3.63) is 29.6 Å². The molecule has 0 bridgehead atoms. The Balaban J connectivity index is 2.98. The Morgan fingerprint density at radius 3 is 2.57 bits per heavy atom. The minimum atomic E-state index is -3.64. The highest BCUT2D eigenvalue weighted by atomic mass is 32.2. The van der Waals surface area contributed by atoms with Crippen LogP contribution in [0.25, 0.3) is 0 Å². The van der Waals surface area contributed by atoms with Crippen LogP contribution in [0.1, 0.15) is 5.56 Å². The third kappa shape index (κ3) is 2.97. The molecule has 0 unspecified atom stereocenters. The molecule has 78 valence electrons. The molecule has 6 heteroatoms. The van der Waals surface area contributed by atoms with Crippen molar-refractivity contribution in [2.24, 2.45) is 0 Å². The van der Waals surface area contributed by atoms with E-state index in [1.54, 1.807) is 0 Å². The van der Waals surface area contributed by atoms with Gasteiger partial charge in [-0.15, -0.1) is 0 Å². The number of rotatable bonds is 3. The highest BCUT2D eigenvalue weighted by Gasteiger charge is 2.07. The molecule has 1 N–H and O–H groups in total. The molecule has 14 heavy (non-hydrogen) atoms. The maximum absolute atomic E-state index is 13.0. The van der Waals surface area contributed by atoms with E-state index in [0.717, 1.165) is 12.3 Å². The average molecular weight is 220 g/mol. The molecule has 0 saturated heterocycles. The van der Waals surface area contributed by atoms with Gasteiger partial charge in [-0.2, -0.15) is 8.42 Å². The van der Waals surface area contributed by atoms with Crippen molar-refractivity contribution in [3.8, 4) is 5.75 Å². The first-order chi connectivity index (χ1) is 6.42. The van der Waals surface area contributed by atoms with E-state index in [9.17, 15) is 12.8 Å². The normalized spacial score (nSPS) is 11.4. The zero-order valence-electron chi connectivity index (χ0n) is 7.40. The van der Waals surface area contributed by atoms with E-state index in [-0.39, 0.29) is 11.3 Å². The Hall–Kier alpha value is -1.14. The van der Waals surface area contributed by atoms with Gasteiger partial charge in [0.05, 0.1) is 12.9 Å². The number of hydrogen-bond acceptors (Lipinski definition) is 4. The summed E-state index contributed by atoms with van der Waals surface area (Å²) in [5.74, 6) is -0.809. The SMILES string of the molecule is CS(=O)(=O)Oc1ccc(CO)c(F)c1. The molecule has 0 aliphatic carbocycles. The fourth-order valence-corrected chi connectivity index (χ4v) is 1.34. The Labute approximate surface area is 81.1 Å². The molecule has 0 aromatic heterocycles. The van der Waals surface area contributed by atoms with Gasteiger partial charge in [0.15, 0.2) is 0 Å². The molecule has 1 aromatic carbocycles. The largest absolute Gasteiger partial charge is 0.392 e. The standard InChI is InChI=1S/C8H9FO4S/c1-14(11,12)13-7-3-2-6(5-10)8(9)4-7/h2-4,10H,5H2,1H3. The fraction of sp³-hybridized carbons (Fsp3) is 0.250. The van der Waals surface area contributed by atoms with E-state index in [1.165, 1.54) is 12.1 Å². The van der Waals surface area contributed by atoms with Gasteiger partial charge in [0.25, 0.3) is 0 Å². The second kappa shape index (κ2) is 3.93. The van der Waals surface area contributed by atoms with Crippen LogP contribution in [0.3, 0.4) is 0 Å². The predicted octanol–water partition coefficient (Wildman–Crippen LogP) is 0.656. The van der Waals surface area contributed by atoms with Gasteiger partial charge >= 0.3 is 10.1 Å². The van der Waals surface area contributed by atoms with Crippen LogP contribution in [0.15, 0.2) is 18.2 Å². The van der Waals surface area contributed by atoms with Crippen LogP contribution in [0, 0.1) is 5.82 Å². The molecule has 0 atom stereocenters. The van der Waals surface area contributed by atoms with Crippen LogP contribution in [0.2, 0.25) is 0 Å². The molecule has 1 aromatic rings. The Bertz CT molecular complexity index is 427. The van der Waals surface area contributed by atoms with E-state index >= 15 is 0 Å². The molecule has 0 aliphatic heterocycles. The Morgan fingerprint density at radius 2 is 2.14 bits per heavy atom. The van der Waals surface area contributed by atoms with Crippen LogP contribution < -0.4 is 4.18 Å². The maximum Gasteiger partial charge on any atom is 0.306 e. The molecule has 0 fully saturated rings. The van der Waals surface area contributed by atoms with Gasteiger partial charge in [-0.1, -0.05) is 6.07 Å². The molecule has 0 amide bonds. The molecule has 4 nitrogen and oxygen atoms in total. The Morgan fingerprint density at radius 1 is 1.50 bits per heavy atom. The summed E-state index contributed by atoms with van der Waals surface area (Å²) in [5.41, 5.74) is 0.0888. The van der Waals surface area contributed by atoms with Crippen LogP contribution >= 0.6 is 0 Å². The summed E-state index contributed by atoms with van der Waals surface area (Å²) in [6, 6.07) is 3.44. The smallest absolute Gasteiger partial charge is 0.306 e. The first-order valence-electron chi connectivity index (χ1n) is 3.71. The third-order valence-electron chi connectivity index (χ3n) is 1.44. The van der Waals surface area contributed by atoms with Crippen LogP contribution in [0.5, 0.6) is 5.75 Å². The summed E-state index contributed by atoms with van der Waals surface area (Å²) in [4.78, 5) is 0. The molecular formula is C8H9FO4S. The van der Waals surface area contributed by atoms with Crippen LogP contribution in [-0.4, -0.2) is 19.8 Å². The second-order valence-electron chi connectivity index (χ2n) is 2.70. The molecule has 0 radical (unpaired) electrons. The first kappa shape index (κ1) is 10.9. The lowest BCUT2D eigenvalue weighted by molar-refractivity contribution is 0.275. The van der Waals surface area contributed by atoms with Crippen molar-refractivity contribution in [1.29, 1.82) is 0 Å². The lowest BCUT2D eigenvalue weighted by Gasteiger charge is -2.04. The number of halogens is 1. The van der Waals surface area contributed by atoms with Crippen molar-refractivity contribution in [3.63, 3.8) is 0 Å². The zero-order valence-corrected chi connectivity index (χ0v) is 8.21. The van der Waals surface area contributed by atoms with Gasteiger partial charge in [-0.05, 0) is 6.07 Å². The van der Waals surface area contributed by atoms with E-state index in [1.807, 2.05) is 0 Å². The molecule has 0 aliphatic rings. The summed E-state index contributed by atoms with van der Waals surface area (Å²) in [5, 5.41) is 8.64. The molecule has 0 heterocycles. The topological polar surface area (TPSA) is 63.6 Å². The van der Waals surface area contributed by atoms with Gasteiger partial charge in [0, 0.05) is 11.6 Å². The summed E-state index contributed by atoms with van der Waals surface area (Å²) in [7, 11) is -3.64. The quantitative estimate of drug-likeness (QED) is 0.760. The summed E-state index contributed by atoms with van der Waals surface area (Å²) in [6.07, 6.45) is 0.866. The maximum atomic E-state index is 13.0. The van der Waals surface area contributed by atoms with Crippen molar-refractivity contribution >= 4 is 10.1 Å². The monoisotopic (exact) mass is 220 g/mol. The molecule has 1 rings (SSSR count). The number of hydrogen-bond donors (Lipinski definition) is 1. The third-order valence-corrected chi connectivity index (χ3v) is 1.94. The lowest BCUT2D eigenvalue weighted by Crippen LogP contribution is -2.06. The summed E-state index contributed by atoms with van der Waals surface area (Å²) >= 11 is 0. The first-order valence-corrected chi connectivity index (χ1v) is 5.53. The van der Waals surface area contributed by atoms with Crippen molar-refractivity contribution in [2.45, 2.75) is 6.61 Å². The number of benzene rings is 1. The van der Waals surface area contributed by atoms with Gasteiger partial charge in [0.2, 0.25) is 0 Å². The van der Waals surface area contributed by atoms with E-state index in [0.29, 0.717) is 0 Å². The van der Waals surface area contributed by atoms with Gasteiger partial charge in [-0.3, -0.25) is 0 Å². The highest BCUT2D eigenvalue weighted by molar-refractivity contribution is 7.86. The highest BCUT2D eigenvalue weighted by Crippen LogP contribution is 2.17. The van der Waals surface area contributed by atoms with Crippen molar-refractivity contribution in [2.75, 3.05) is 6.26 Å². The number of aliphatic hydroxyl groups excluding tert-OH is 1. The zero-order chi connectivity index (χ0) is 10.8. The fourth-order valence-electron chi connectivity index (χ4n) is 0.883. The molecule has 0 saturated carbocycles. The van der Waals surface area contributed by atoms with Crippen LogP contribution in [0.4, 0.5) is 4.39 Å². The lowest BCUT2D eigenvalue weighted by atomic mass is 10.2. The minimum Gasteiger partial charge on any atom is -0.392 e. The summed E-state index contributed by atoms with van der Waals surface area (Å²) < 4.78 is 38.8. The van der Waals surface area contributed by atoms with Gasteiger partial charge < -0.3 is 9.29 Å². The average Bonchev–Trinajstić information content (AvgIpc) is 2.01. The van der Waals surface area contributed by atoms with Crippen LogP contribution in [-0.2, 0) is 16.7 Å². The van der Waals surface area contributed by atoms with E-state index in [4.69, 9.17) is 5.11 Å². The number of aliphatic hydroxyl groups is 1. The Kier molecular flexibility index (Phi) is 3.07. The van der Waals surface area contributed by atoms with Gasteiger partial charge in [-0.25, -0.2) is 4.39 Å². The van der Waals surface area contributed by atoms with E-state index in [2.05, 4.69) is 4.18 Å². The van der Waals surface area contributed by atoms with Crippen molar-refractivity contribution < 1.29 is 22.1 Å². The van der Waals surface area contributed by atoms with Gasteiger partial charge in [0.1, 0.15) is 11.6 Å². The second-order valence-corrected chi connectivity index (χ2v) is 4.27. The minimum absolute atomic E-state index is 0.0888. The van der Waals surface area contributed by atoms with Crippen molar-refractivity contribution in [1.82, 2.24) is 0 Å². The predicted molar refractivity (Wildman–Crippen MR) is 47.8 cm³/mol.